The number of rotatable bonds is 5. The van der Waals surface area contributed by atoms with E-state index < -0.39 is 5.60 Å². The van der Waals surface area contributed by atoms with E-state index in [9.17, 15) is 9.59 Å². The second-order valence-electron chi connectivity index (χ2n) is 7.76. The van der Waals surface area contributed by atoms with E-state index >= 15 is 0 Å². The number of hydrogen-bond acceptors (Lipinski definition) is 4. The predicted molar refractivity (Wildman–Crippen MR) is 101 cm³/mol. The zero-order chi connectivity index (χ0) is 18.4. The van der Waals surface area contributed by atoms with Crippen molar-refractivity contribution in [3.05, 3.63) is 22.4 Å². The average Bonchev–Trinajstić information content (AvgIpc) is 3.05. The van der Waals surface area contributed by atoms with Gasteiger partial charge in [0.25, 0.3) is 0 Å². The fourth-order valence-corrected chi connectivity index (χ4v) is 3.70. The molecule has 1 aromatic heterocycles. The number of amides is 2. The number of hydrogen-bond donors (Lipinski definition) is 0. The van der Waals surface area contributed by atoms with Crippen molar-refractivity contribution in [1.82, 2.24) is 9.80 Å². The van der Waals surface area contributed by atoms with E-state index in [4.69, 9.17) is 4.74 Å². The van der Waals surface area contributed by atoms with Crippen molar-refractivity contribution in [3.8, 4) is 0 Å². The molecule has 1 aromatic rings. The number of thiophene rings is 1. The van der Waals surface area contributed by atoms with Crippen LogP contribution >= 0.6 is 11.3 Å². The minimum Gasteiger partial charge on any atom is -0.444 e. The predicted octanol–water partition coefficient (Wildman–Crippen LogP) is 3.79. The molecule has 1 fully saturated rings. The standard InChI is InChI=1S/C19H30N2O3S/c1-19(2,3)24-18(23)21-11-9-15(10-12-21)14-20(4)17(22)8-7-16-6-5-13-25-16/h5-6,13,15H,7-12,14H2,1-4H3. The molecule has 1 saturated heterocycles. The molecular formula is C19H30N2O3S. The van der Waals surface area contributed by atoms with Gasteiger partial charge in [-0.25, -0.2) is 4.79 Å². The molecule has 0 bridgehead atoms. The lowest BCUT2D eigenvalue weighted by Gasteiger charge is -2.34. The molecule has 1 aliphatic rings. The lowest BCUT2D eigenvalue weighted by molar-refractivity contribution is -0.130. The first-order valence-corrected chi connectivity index (χ1v) is 9.87. The molecule has 0 unspecified atom stereocenters. The number of nitrogens with zero attached hydrogens (tertiary/aromatic N) is 2. The van der Waals surface area contributed by atoms with Crippen LogP contribution in [-0.4, -0.2) is 54.1 Å². The fourth-order valence-electron chi connectivity index (χ4n) is 2.99. The molecule has 1 aliphatic heterocycles. The molecule has 2 heterocycles. The van der Waals surface area contributed by atoms with E-state index in [-0.39, 0.29) is 12.0 Å². The molecule has 0 saturated carbocycles. The highest BCUT2D eigenvalue weighted by Gasteiger charge is 2.27. The molecule has 2 rings (SSSR count). The monoisotopic (exact) mass is 366 g/mol. The van der Waals surface area contributed by atoms with Crippen molar-refractivity contribution < 1.29 is 14.3 Å². The summed E-state index contributed by atoms with van der Waals surface area (Å²) in [5, 5.41) is 2.04. The smallest absolute Gasteiger partial charge is 0.410 e. The largest absolute Gasteiger partial charge is 0.444 e. The van der Waals surface area contributed by atoms with E-state index in [0.29, 0.717) is 25.4 Å². The van der Waals surface area contributed by atoms with Crippen LogP contribution < -0.4 is 0 Å². The van der Waals surface area contributed by atoms with Gasteiger partial charge in [0.2, 0.25) is 5.91 Å². The Kier molecular flexibility index (Phi) is 6.87. The van der Waals surface area contributed by atoms with Crippen molar-refractivity contribution >= 4 is 23.3 Å². The molecule has 0 atom stereocenters. The highest BCUT2D eigenvalue weighted by molar-refractivity contribution is 7.09. The van der Waals surface area contributed by atoms with Gasteiger partial charge in [-0.05, 0) is 57.4 Å². The third-order valence-electron chi connectivity index (χ3n) is 4.39. The minimum absolute atomic E-state index is 0.197. The summed E-state index contributed by atoms with van der Waals surface area (Å²) in [5.74, 6) is 0.650. The maximum absolute atomic E-state index is 12.3. The Balaban J connectivity index is 1.70. The number of likely N-dealkylation sites (tertiary alicyclic amines) is 1. The van der Waals surface area contributed by atoms with Gasteiger partial charge in [-0.1, -0.05) is 6.07 Å². The minimum atomic E-state index is -0.455. The van der Waals surface area contributed by atoms with Crippen molar-refractivity contribution in [2.75, 3.05) is 26.7 Å². The number of carbonyl (C=O) groups is 2. The van der Waals surface area contributed by atoms with Crippen LogP contribution in [0.4, 0.5) is 4.79 Å². The second-order valence-corrected chi connectivity index (χ2v) is 8.80. The molecule has 0 spiro atoms. The van der Waals surface area contributed by atoms with E-state index in [1.165, 1.54) is 4.88 Å². The van der Waals surface area contributed by atoms with Crippen molar-refractivity contribution in [2.45, 2.75) is 52.1 Å². The maximum atomic E-state index is 12.3. The average molecular weight is 367 g/mol. The fraction of sp³-hybridized carbons (Fsp3) is 0.684. The summed E-state index contributed by atoms with van der Waals surface area (Å²) in [6.07, 6.45) is 2.99. The van der Waals surface area contributed by atoms with Crippen molar-refractivity contribution in [2.24, 2.45) is 5.92 Å². The van der Waals surface area contributed by atoms with Crippen LogP contribution in [-0.2, 0) is 16.0 Å². The first-order chi connectivity index (χ1) is 11.7. The zero-order valence-corrected chi connectivity index (χ0v) is 16.6. The number of carbonyl (C=O) groups excluding carboxylic acids is 2. The van der Waals surface area contributed by atoms with E-state index in [2.05, 4.69) is 6.07 Å². The number of piperidine rings is 1. The maximum Gasteiger partial charge on any atom is 0.410 e. The van der Waals surface area contributed by atoms with Gasteiger partial charge in [-0.2, -0.15) is 0 Å². The van der Waals surface area contributed by atoms with E-state index in [0.717, 1.165) is 25.8 Å². The van der Waals surface area contributed by atoms with Crippen LogP contribution in [0.1, 0.15) is 44.9 Å². The molecule has 0 aliphatic carbocycles. The van der Waals surface area contributed by atoms with Gasteiger partial charge >= 0.3 is 6.09 Å². The van der Waals surface area contributed by atoms with E-state index in [1.54, 1.807) is 16.2 Å². The topological polar surface area (TPSA) is 49.9 Å². The van der Waals surface area contributed by atoms with Gasteiger partial charge in [0.15, 0.2) is 0 Å². The highest BCUT2D eigenvalue weighted by atomic mass is 32.1. The lowest BCUT2D eigenvalue weighted by atomic mass is 9.96. The van der Waals surface area contributed by atoms with Crippen LogP contribution in [0.25, 0.3) is 0 Å². The Bertz CT molecular complexity index is 558. The van der Waals surface area contributed by atoms with Crippen LogP contribution in [0.5, 0.6) is 0 Å². The Morgan fingerprint density at radius 2 is 2.00 bits per heavy atom. The molecule has 0 N–H and O–H groups in total. The third kappa shape index (κ3) is 6.69. The number of ether oxygens (including phenoxy) is 1. The summed E-state index contributed by atoms with van der Waals surface area (Å²) < 4.78 is 5.42. The normalized spacial score (nSPS) is 15.9. The lowest BCUT2D eigenvalue weighted by Crippen LogP contribution is -2.44. The molecule has 140 valence electrons. The summed E-state index contributed by atoms with van der Waals surface area (Å²) in [6, 6.07) is 4.09. The third-order valence-corrected chi connectivity index (χ3v) is 5.33. The van der Waals surface area contributed by atoms with Crippen LogP contribution in [0.2, 0.25) is 0 Å². The molecule has 0 aromatic carbocycles. The first kappa shape index (κ1) is 19.8. The van der Waals surface area contributed by atoms with Gasteiger partial charge < -0.3 is 14.5 Å². The number of aryl methyl sites for hydroxylation is 1. The second kappa shape index (κ2) is 8.70. The van der Waals surface area contributed by atoms with Gasteiger partial charge in [0, 0.05) is 38.0 Å². The molecule has 6 heteroatoms. The van der Waals surface area contributed by atoms with Crippen LogP contribution in [0.3, 0.4) is 0 Å². The SMILES string of the molecule is CN(CC1CCN(C(=O)OC(C)(C)C)CC1)C(=O)CCc1cccs1. The van der Waals surface area contributed by atoms with Gasteiger partial charge in [0.05, 0.1) is 0 Å². The Labute approximate surface area is 154 Å². The van der Waals surface area contributed by atoms with Gasteiger partial charge in [-0.3, -0.25) is 4.79 Å². The van der Waals surface area contributed by atoms with Gasteiger partial charge in [-0.15, -0.1) is 11.3 Å². The highest BCUT2D eigenvalue weighted by Crippen LogP contribution is 2.21. The summed E-state index contributed by atoms with van der Waals surface area (Å²) in [5.41, 5.74) is -0.455. The molecular weight excluding hydrogens is 336 g/mol. The summed E-state index contributed by atoms with van der Waals surface area (Å²) in [4.78, 5) is 29.3. The van der Waals surface area contributed by atoms with Crippen LogP contribution in [0, 0.1) is 5.92 Å². The van der Waals surface area contributed by atoms with Crippen molar-refractivity contribution in [3.63, 3.8) is 0 Å². The Morgan fingerprint density at radius 3 is 2.56 bits per heavy atom. The summed E-state index contributed by atoms with van der Waals surface area (Å²) in [7, 11) is 1.89. The van der Waals surface area contributed by atoms with E-state index in [1.807, 2.05) is 44.2 Å². The molecule has 0 radical (unpaired) electrons. The van der Waals surface area contributed by atoms with Crippen LogP contribution in [0.15, 0.2) is 17.5 Å². The molecule has 5 nitrogen and oxygen atoms in total. The summed E-state index contributed by atoms with van der Waals surface area (Å²) in [6.45, 7) is 7.83. The Morgan fingerprint density at radius 1 is 1.32 bits per heavy atom. The first-order valence-electron chi connectivity index (χ1n) is 8.99. The Hall–Kier alpha value is -1.56. The zero-order valence-electron chi connectivity index (χ0n) is 15.8. The molecule has 25 heavy (non-hydrogen) atoms. The quantitative estimate of drug-likeness (QED) is 0.797. The van der Waals surface area contributed by atoms with Gasteiger partial charge in [0.1, 0.15) is 5.60 Å². The molecule has 2 amide bonds. The summed E-state index contributed by atoms with van der Waals surface area (Å²) >= 11 is 1.70. The van der Waals surface area contributed by atoms with Crippen molar-refractivity contribution in [1.29, 1.82) is 0 Å².